The van der Waals surface area contributed by atoms with Crippen molar-refractivity contribution in [3.05, 3.63) is 0 Å². The van der Waals surface area contributed by atoms with Crippen molar-refractivity contribution in [1.82, 2.24) is 5.32 Å². The van der Waals surface area contributed by atoms with E-state index < -0.39 is 0 Å². The predicted molar refractivity (Wildman–Crippen MR) is 76.1 cm³/mol. The van der Waals surface area contributed by atoms with E-state index in [0.29, 0.717) is 0 Å². The molecule has 1 rings (SSSR count). The molecule has 1 aliphatic rings. The average molecular weight is 240 g/mol. The first-order valence-electron chi connectivity index (χ1n) is 7.64. The van der Waals surface area contributed by atoms with E-state index in [9.17, 15) is 0 Å². The second kappa shape index (κ2) is 7.38. The van der Waals surface area contributed by atoms with E-state index in [1.807, 2.05) is 0 Å². The van der Waals surface area contributed by atoms with Crippen LogP contribution in [0.5, 0.6) is 0 Å². The molecule has 0 unspecified atom stereocenters. The zero-order valence-electron chi connectivity index (χ0n) is 12.1. The Labute approximate surface area is 108 Å². The van der Waals surface area contributed by atoms with Gasteiger partial charge >= 0.3 is 0 Å². The Bertz CT molecular complexity index is 191. The topological polar surface area (TPSA) is 38.0 Å². The van der Waals surface area contributed by atoms with Gasteiger partial charge in [0.15, 0.2) is 0 Å². The Hall–Kier alpha value is -0.0800. The zero-order chi connectivity index (χ0) is 12.7. The van der Waals surface area contributed by atoms with Crippen LogP contribution in [0.3, 0.4) is 0 Å². The third kappa shape index (κ3) is 4.26. The Balaban J connectivity index is 2.42. The number of hydrogen-bond donors (Lipinski definition) is 2. The van der Waals surface area contributed by atoms with Crippen LogP contribution in [-0.2, 0) is 0 Å². The first-order chi connectivity index (χ1) is 8.19. The first kappa shape index (κ1) is 15.0. The molecular weight excluding hydrogens is 208 g/mol. The second-order valence-electron chi connectivity index (χ2n) is 5.90. The zero-order valence-corrected chi connectivity index (χ0v) is 12.1. The maximum atomic E-state index is 6.03. The fourth-order valence-corrected chi connectivity index (χ4v) is 3.03. The van der Waals surface area contributed by atoms with Gasteiger partial charge in [-0.3, -0.25) is 0 Å². The molecule has 0 bridgehead atoms. The molecule has 0 radical (unpaired) electrons. The van der Waals surface area contributed by atoms with Crippen molar-refractivity contribution in [2.24, 2.45) is 17.6 Å². The van der Waals surface area contributed by atoms with Gasteiger partial charge in [0, 0.05) is 12.1 Å². The standard InChI is InChI=1S/C15H32N2/c1-4-13(5-2)11-17-15(12-16)9-7-14(6-3)8-10-15/h13-14,17H,4-12,16H2,1-3H3. The van der Waals surface area contributed by atoms with Crippen LogP contribution in [-0.4, -0.2) is 18.6 Å². The van der Waals surface area contributed by atoms with Crippen LogP contribution in [0.2, 0.25) is 0 Å². The van der Waals surface area contributed by atoms with E-state index in [0.717, 1.165) is 24.9 Å². The summed E-state index contributed by atoms with van der Waals surface area (Å²) in [4.78, 5) is 0. The highest BCUT2D eigenvalue weighted by molar-refractivity contribution is 4.93. The molecule has 0 saturated heterocycles. The van der Waals surface area contributed by atoms with Crippen molar-refractivity contribution in [3.63, 3.8) is 0 Å². The van der Waals surface area contributed by atoms with Gasteiger partial charge in [0.2, 0.25) is 0 Å². The largest absolute Gasteiger partial charge is 0.329 e. The van der Waals surface area contributed by atoms with Crippen LogP contribution < -0.4 is 11.1 Å². The van der Waals surface area contributed by atoms with Crippen LogP contribution >= 0.6 is 0 Å². The van der Waals surface area contributed by atoms with E-state index in [-0.39, 0.29) is 5.54 Å². The number of hydrogen-bond acceptors (Lipinski definition) is 2. The minimum Gasteiger partial charge on any atom is -0.329 e. The lowest BCUT2D eigenvalue weighted by molar-refractivity contribution is 0.182. The monoisotopic (exact) mass is 240 g/mol. The third-order valence-electron chi connectivity index (χ3n) is 4.95. The summed E-state index contributed by atoms with van der Waals surface area (Å²) in [6.45, 7) is 8.86. The minimum absolute atomic E-state index is 0.258. The lowest BCUT2D eigenvalue weighted by Crippen LogP contribution is -2.54. The molecule has 1 saturated carbocycles. The summed E-state index contributed by atoms with van der Waals surface area (Å²) >= 11 is 0. The molecule has 102 valence electrons. The predicted octanol–water partition coefficient (Wildman–Crippen LogP) is 3.31. The Morgan fingerprint density at radius 1 is 1.18 bits per heavy atom. The highest BCUT2D eigenvalue weighted by Crippen LogP contribution is 2.33. The van der Waals surface area contributed by atoms with Crippen molar-refractivity contribution in [2.45, 2.75) is 71.3 Å². The summed E-state index contributed by atoms with van der Waals surface area (Å²) < 4.78 is 0. The van der Waals surface area contributed by atoms with Crippen molar-refractivity contribution in [1.29, 1.82) is 0 Å². The molecule has 0 atom stereocenters. The van der Waals surface area contributed by atoms with Gasteiger partial charge in [-0.05, 0) is 44.1 Å². The van der Waals surface area contributed by atoms with Crippen LogP contribution in [0.4, 0.5) is 0 Å². The van der Waals surface area contributed by atoms with Crippen molar-refractivity contribution < 1.29 is 0 Å². The molecule has 0 aliphatic heterocycles. The Morgan fingerprint density at radius 3 is 2.18 bits per heavy atom. The molecular formula is C15H32N2. The molecule has 17 heavy (non-hydrogen) atoms. The van der Waals surface area contributed by atoms with E-state index in [2.05, 4.69) is 26.1 Å². The Kier molecular flexibility index (Phi) is 6.50. The van der Waals surface area contributed by atoms with Crippen molar-refractivity contribution >= 4 is 0 Å². The highest BCUT2D eigenvalue weighted by atomic mass is 15.0. The van der Waals surface area contributed by atoms with Gasteiger partial charge in [-0.2, -0.15) is 0 Å². The van der Waals surface area contributed by atoms with Crippen LogP contribution in [0.25, 0.3) is 0 Å². The van der Waals surface area contributed by atoms with Gasteiger partial charge in [0.25, 0.3) is 0 Å². The van der Waals surface area contributed by atoms with Gasteiger partial charge < -0.3 is 11.1 Å². The van der Waals surface area contributed by atoms with Crippen LogP contribution in [0.15, 0.2) is 0 Å². The summed E-state index contributed by atoms with van der Waals surface area (Å²) in [5.74, 6) is 1.77. The van der Waals surface area contributed by atoms with Gasteiger partial charge in [0.1, 0.15) is 0 Å². The van der Waals surface area contributed by atoms with Gasteiger partial charge in [0.05, 0.1) is 0 Å². The normalized spacial score (nSPS) is 29.8. The molecule has 1 fully saturated rings. The smallest absolute Gasteiger partial charge is 0.0304 e. The molecule has 0 aromatic carbocycles. The lowest BCUT2D eigenvalue weighted by Gasteiger charge is -2.41. The van der Waals surface area contributed by atoms with Crippen molar-refractivity contribution in [2.75, 3.05) is 13.1 Å². The quantitative estimate of drug-likeness (QED) is 0.716. The fourth-order valence-electron chi connectivity index (χ4n) is 3.03. The molecule has 3 N–H and O–H groups in total. The number of nitrogens with one attached hydrogen (secondary N) is 1. The lowest BCUT2D eigenvalue weighted by atomic mass is 9.75. The van der Waals surface area contributed by atoms with Gasteiger partial charge in [-0.25, -0.2) is 0 Å². The third-order valence-corrected chi connectivity index (χ3v) is 4.95. The van der Waals surface area contributed by atoms with Gasteiger partial charge in [-0.1, -0.05) is 40.0 Å². The van der Waals surface area contributed by atoms with Crippen molar-refractivity contribution in [3.8, 4) is 0 Å². The van der Waals surface area contributed by atoms with E-state index >= 15 is 0 Å². The summed E-state index contributed by atoms with van der Waals surface area (Å²) in [6.07, 6.45) is 9.19. The van der Waals surface area contributed by atoms with Crippen LogP contribution in [0, 0.1) is 11.8 Å². The number of rotatable bonds is 7. The average Bonchev–Trinajstić information content (AvgIpc) is 2.40. The molecule has 2 heteroatoms. The van der Waals surface area contributed by atoms with E-state index in [1.165, 1.54) is 44.9 Å². The fraction of sp³-hybridized carbons (Fsp3) is 1.00. The molecule has 0 aromatic heterocycles. The van der Waals surface area contributed by atoms with E-state index in [4.69, 9.17) is 5.73 Å². The molecule has 0 heterocycles. The van der Waals surface area contributed by atoms with Gasteiger partial charge in [-0.15, -0.1) is 0 Å². The summed E-state index contributed by atoms with van der Waals surface area (Å²) in [7, 11) is 0. The summed E-state index contributed by atoms with van der Waals surface area (Å²) in [5.41, 5.74) is 6.29. The van der Waals surface area contributed by atoms with Crippen LogP contribution in [0.1, 0.15) is 65.7 Å². The highest BCUT2D eigenvalue weighted by Gasteiger charge is 2.33. The molecule has 0 amide bonds. The Morgan fingerprint density at radius 2 is 1.76 bits per heavy atom. The summed E-state index contributed by atoms with van der Waals surface area (Å²) in [6, 6.07) is 0. The SMILES string of the molecule is CCC1CCC(CN)(NCC(CC)CC)CC1. The molecule has 1 aliphatic carbocycles. The second-order valence-corrected chi connectivity index (χ2v) is 5.90. The number of nitrogens with two attached hydrogens (primary N) is 1. The molecule has 2 nitrogen and oxygen atoms in total. The molecule has 0 aromatic rings. The van der Waals surface area contributed by atoms with E-state index in [1.54, 1.807) is 0 Å². The maximum Gasteiger partial charge on any atom is 0.0304 e. The first-order valence-corrected chi connectivity index (χ1v) is 7.64. The molecule has 0 spiro atoms. The minimum atomic E-state index is 0.258. The maximum absolute atomic E-state index is 6.03. The summed E-state index contributed by atoms with van der Waals surface area (Å²) in [5, 5.41) is 3.81.